The van der Waals surface area contributed by atoms with Gasteiger partial charge in [0, 0.05) is 39.4 Å². The Morgan fingerprint density at radius 1 is 0.960 bits per heavy atom. The van der Waals surface area contributed by atoms with Crippen LogP contribution in [0.4, 0.5) is 0 Å². The number of nitrogens with one attached hydrogen (secondary N) is 1. The molecule has 0 fully saturated rings. The van der Waals surface area contributed by atoms with Gasteiger partial charge in [-0.05, 0) is 26.2 Å². The van der Waals surface area contributed by atoms with Crippen molar-refractivity contribution in [2.75, 3.05) is 27.9 Å². The summed E-state index contributed by atoms with van der Waals surface area (Å²) in [4.78, 5) is 11.6. The zero-order valence-corrected chi connectivity index (χ0v) is 17.0. The van der Waals surface area contributed by atoms with Crippen molar-refractivity contribution < 1.29 is 19.0 Å². The molecule has 0 saturated carbocycles. The van der Waals surface area contributed by atoms with E-state index >= 15 is 0 Å². The van der Waals surface area contributed by atoms with Crippen molar-refractivity contribution in [1.29, 1.82) is 0 Å². The molecule has 0 aromatic heterocycles. The third-order valence-corrected chi connectivity index (χ3v) is 4.66. The van der Waals surface area contributed by atoms with E-state index in [0.29, 0.717) is 12.1 Å². The first-order chi connectivity index (χ1) is 12.0. The number of carbonyl (C=O) groups is 1. The molecule has 1 atom stereocenters. The van der Waals surface area contributed by atoms with E-state index in [9.17, 15) is 4.79 Å². The Bertz CT molecular complexity index is 358. The van der Waals surface area contributed by atoms with Gasteiger partial charge in [0.05, 0.1) is 0 Å². The molecule has 1 N–H and O–H groups in total. The van der Waals surface area contributed by atoms with E-state index in [-0.39, 0.29) is 11.8 Å². The van der Waals surface area contributed by atoms with Crippen LogP contribution in [0.1, 0.15) is 71.6 Å². The first-order valence-electron chi connectivity index (χ1n) is 9.56. The molecule has 1 amide bonds. The fourth-order valence-corrected chi connectivity index (χ4v) is 3.12. The second-order valence-corrected chi connectivity index (χ2v) is 6.65. The van der Waals surface area contributed by atoms with Crippen LogP contribution in [0.15, 0.2) is 12.2 Å². The van der Waals surface area contributed by atoms with E-state index in [1.807, 2.05) is 0 Å². The van der Waals surface area contributed by atoms with Gasteiger partial charge in [0.1, 0.15) is 0 Å². The Morgan fingerprint density at radius 2 is 1.48 bits per heavy atom. The van der Waals surface area contributed by atoms with Crippen molar-refractivity contribution >= 4 is 5.91 Å². The molecule has 5 heteroatoms. The molecular weight excluding hydrogens is 318 g/mol. The zero-order valence-electron chi connectivity index (χ0n) is 17.0. The van der Waals surface area contributed by atoms with Crippen molar-refractivity contribution in [3.05, 3.63) is 12.2 Å². The zero-order chi connectivity index (χ0) is 19.1. The number of methoxy groups -OCH3 is 3. The highest BCUT2D eigenvalue weighted by Gasteiger charge is 2.39. The molecule has 0 spiro atoms. The van der Waals surface area contributed by atoms with E-state index in [4.69, 9.17) is 14.2 Å². The molecule has 0 aliphatic carbocycles. The van der Waals surface area contributed by atoms with Gasteiger partial charge >= 0.3 is 0 Å². The summed E-state index contributed by atoms with van der Waals surface area (Å²) in [5.41, 5.74) is 0.531. The molecule has 1 unspecified atom stereocenters. The van der Waals surface area contributed by atoms with Crippen molar-refractivity contribution in [2.24, 2.45) is 5.92 Å². The van der Waals surface area contributed by atoms with Crippen LogP contribution in [0.25, 0.3) is 0 Å². The van der Waals surface area contributed by atoms with Crippen molar-refractivity contribution in [1.82, 2.24) is 5.32 Å². The summed E-state index contributed by atoms with van der Waals surface area (Å²) in [5, 5.41) is 2.87. The summed E-state index contributed by atoms with van der Waals surface area (Å²) in [7, 11) is 4.85. The van der Waals surface area contributed by atoms with E-state index in [0.717, 1.165) is 25.7 Å². The minimum Gasteiger partial charge on any atom is -0.352 e. The molecule has 148 valence electrons. The van der Waals surface area contributed by atoms with Crippen LogP contribution >= 0.6 is 0 Å². The van der Waals surface area contributed by atoms with Crippen LogP contribution in [0.2, 0.25) is 0 Å². The molecule has 0 saturated heterocycles. The minimum absolute atomic E-state index is 0.0936. The van der Waals surface area contributed by atoms with Crippen molar-refractivity contribution in [3.63, 3.8) is 0 Å². The lowest BCUT2D eigenvalue weighted by Gasteiger charge is -2.36. The number of hydrogen-bond acceptors (Lipinski definition) is 4. The normalized spacial score (nSPS) is 12.8. The molecule has 0 rings (SSSR count). The van der Waals surface area contributed by atoms with Gasteiger partial charge in [-0.3, -0.25) is 4.79 Å². The summed E-state index contributed by atoms with van der Waals surface area (Å²) >= 11 is 0. The van der Waals surface area contributed by atoms with Gasteiger partial charge in [-0.2, -0.15) is 0 Å². The van der Waals surface area contributed by atoms with Gasteiger partial charge in [-0.1, -0.05) is 52.0 Å². The Balaban J connectivity index is 4.47. The molecule has 0 aliphatic rings. The molecular formula is C20H39NO4. The second-order valence-electron chi connectivity index (χ2n) is 6.65. The van der Waals surface area contributed by atoms with Gasteiger partial charge in [-0.15, -0.1) is 0 Å². The number of rotatable bonds is 16. The smallest absolute Gasteiger partial charge is 0.285 e. The summed E-state index contributed by atoms with van der Waals surface area (Å²) in [6, 6.07) is 0. The topological polar surface area (TPSA) is 56.8 Å². The Morgan fingerprint density at radius 3 is 2.00 bits per heavy atom. The maximum atomic E-state index is 11.6. The van der Waals surface area contributed by atoms with Crippen LogP contribution in [-0.2, 0) is 19.0 Å². The number of carbonyl (C=O) groups excluding carboxylic acids is 1. The van der Waals surface area contributed by atoms with Crippen LogP contribution in [0.3, 0.4) is 0 Å². The van der Waals surface area contributed by atoms with Gasteiger partial charge in [-0.25, -0.2) is 0 Å². The van der Waals surface area contributed by atoms with Crippen LogP contribution in [0, 0.1) is 5.92 Å². The summed E-state index contributed by atoms with van der Waals surface area (Å²) in [6.45, 7) is 8.20. The highest BCUT2D eigenvalue weighted by atomic mass is 16.9. The van der Waals surface area contributed by atoms with E-state index in [1.165, 1.54) is 32.1 Å². The highest BCUT2D eigenvalue weighted by molar-refractivity contribution is 5.91. The first kappa shape index (κ1) is 24.1. The highest BCUT2D eigenvalue weighted by Crippen LogP contribution is 2.32. The van der Waals surface area contributed by atoms with Crippen LogP contribution < -0.4 is 5.32 Å². The summed E-state index contributed by atoms with van der Waals surface area (Å²) in [6.07, 6.45) is 10.2. The van der Waals surface area contributed by atoms with E-state index < -0.39 is 5.97 Å². The average molecular weight is 358 g/mol. The predicted octanol–water partition coefficient (Wildman–Crippen LogP) is 4.42. The Kier molecular flexibility index (Phi) is 13.8. The van der Waals surface area contributed by atoms with Gasteiger partial charge in [0.25, 0.3) is 5.97 Å². The van der Waals surface area contributed by atoms with E-state index in [1.54, 1.807) is 28.3 Å². The molecule has 0 bridgehead atoms. The molecule has 25 heavy (non-hydrogen) atoms. The third kappa shape index (κ3) is 9.38. The fraction of sp³-hybridized carbons (Fsp3) is 0.850. The maximum absolute atomic E-state index is 11.6. The van der Waals surface area contributed by atoms with E-state index in [2.05, 4.69) is 18.8 Å². The number of amides is 1. The molecule has 0 aliphatic heterocycles. The lowest BCUT2D eigenvalue weighted by atomic mass is 9.93. The first-order valence-corrected chi connectivity index (χ1v) is 9.56. The van der Waals surface area contributed by atoms with Gasteiger partial charge in [0.2, 0.25) is 5.91 Å². The van der Waals surface area contributed by atoms with Crippen molar-refractivity contribution in [2.45, 2.75) is 77.6 Å². The third-order valence-electron chi connectivity index (χ3n) is 4.66. The Hall–Kier alpha value is -0.910. The van der Waals surface area contributed by atoms with Gasteiger partial charge < -0.3 is 19.5 Å². The number of hydrogen-bond donors (Lipinski definition) is 1. The lowest BCUT2D eigenvalue weighted by molar-refractivity contribution is -0.380. The lowest BCUT2D eigenvalue weighted by Crippen LogP contribution is -2.44. The minimum atomic E-state index is -1.01. The number of unbranched alkanes of at least 4 members (excludes halogenated alkanes) is 5. The second kappa shape index (κ2) is 14.3. The summed E-state index contributed by atoms with van der Waals surface area (Å²) in [5.74, 6) is -0.980. The van der Waals surface area contributed by atoms with Crippen LogP contribution in [-0.4, -0.2) is 39.8 Å². The molecule has 0 heterocycles. The SMILES string of the molecule is C=C(C)C(=O)NCCCC(CCCCCCCC)C(OC)(OC)OC. The standard InChI is InChI=1S/C20H39NO4/c1-7-8-9-10-11-12-14-18(20(23-4,24-5)25-6)15-13-16-21-19(22)17(2)3/h18H,2,7-16H2,1,3-6H3,(H,21,22). The van der Waals surface area contributed by atoms with Crippen molar-refractivity contribution in [3.8, 4) is 0 Å². The predicted molar refractivity (Wildman–Crippen MR) is 102 cm³/mol. The van der Waals surface area contributed by atoms with Crippen LogP contribution in [0.5, 0.6) is 0 Å². The molecule has 0 radical (unpaired) electrons. The largest absolute Gasteiger partial charge is 0.352 e. The Labute approximate surface area is 154 Å². The summed E-state index contributed by atoms with van der Waals surface area (Å²) < 4.78 is 16.7. The molecule has 5 nitrogen and oxygen atoms in total. The maximum Gasteiger partial charge on any atom is 0.285 e. The fourth-order valence-electron chi connectivity index (χ4n) is 3.12. The monoisotopic (exact) mass is 357 g/mol. The number of ether oxygens (including phenoxy) is 3. The molecule has 0 aromatic carbocycles. The van der Waals surface area contributed by atoms with Gasteiger partial charge in [0.15, 0.2) is 0 Å². The quantitative estimate of drug-likeness (QED) is 0.252. The average Bonchev–Trinajstić information content (AvgIpc) is 2.62. The molecule has 0 aromatic rings.